The third-order valence-electron chi connectivity index (χ3n) is 6.74. The summed E-state index contributed by atoms with van der Waals surface area (Å²) >= 11 is 0. The molecule has 1 aromatic heterocycles. The Balaban J connectivity index is 1.62. The molecular formula is C28H24O16. The number of ether oxygens (including phenoxy) is 3. The van der Waals surface area contributed by atoms with E-state index in [4.69, 9.17) is 18.6 Å². The van der Waals surface area contributed by atoms with E-state index in [1.165, 1.54) is 6.07 Å². The largest absolute Gasteiger partial charge is 0.508 e. The quantitative estimate of drug-likeness (QED) is 0.0996. The summed E-state index contributed by atoms with van der Waals surface area (Å²) in [5.41, 5.74) is -2.00. The zero-order chi connectivity index (χ0) is 32.0. The molecule has 0 bridgehead atoms. The van der Waals surface area contributed by atoms with Crippen molar-refractivity contribution in [2.45, 2.75) is 30.7 Å². The maximum atomic E-state index is 13.7. The number of carbonyl (C=O) groups excluding carboxylic acids is 1. The van der Waals surface area contributed by atoms with Crippen molar-refractivity contribution in [3.05, 3.63) is 58.3 Å². The summed E-state index contributed by atoms with van der Waals surface area (Å²) in [5.74, 6) is -7.58. The Morgan fingerprint density at radius 3 is 2.20 bits per heavy atom. The Morgan fingerprint density at radius 1 is 0.886 bits per heavy atom. The van der Waals surface area contributed by atoms with Crippen molar-refractivity contribution in [2.24, 2.45) is 0 Å². The van der Waals surface area contributed by atoms with E-state index >= 15 is 0 Å². The minimum atomic E-state index is -1.94. The lowest BCUT2D eigenvalue weighted by atomic mass is 10.1. The Hall–Kier alpha value is -5.42. The lowest BCUT2D eigenvalue weighted by molar-refractivity contribution is -0.138. The molecule has 0 radical (unpaired) electrons. The van der Waals surface area contributed by atoms with Crippen LogP contribution < -0.4 is 10.2 Å². The van der Waals surface area contributed by atoms with Crippen molar-refractivity contribution in [3.63, 3.8) is 0 Å². The van der Waals surface area contributed by atoms with E-state index in [9.17, 15) is 60.7 Å². The van der Waals surface area contributed by atoms with Crippen molar-refractivity contribution in [1.82, 2.24) is 0 Å². The summed E-state index contributed by atoms with van der Waals surface area (Å²) in [4.78, 5) is 26.6. The van der Waals surface area contributed by atoms with Gasteiger partial charge in [-0.15, -0.1) is 0 Å². The number of phenolic OH excluding ortho intramolecular Hbond substituents is 7. The van der Waals surface area contributed by atoms with E-state index in [0.717, 1.165) is 36.4 Å². The highest BCUT2D eigenvalue weighted by atomic mass is 16.7. The van der Waals surface area contributed by atoms with E-state index in [1.807, 2.05) is 0 Å². The molecule has 44 heavy (non-hydrogen) atoms. The topological polar surface area (TPSA) is 277 Å². The Labute approximate surface area is 244 Å². The lowest BCUT2D eigenvalue weighted by Gasteiger charge is -2.22. The molecule has 1 aliphatic rings. The number of phenols is 7. The summed E-state index contributed by atoms with van der Waals surface area (Å²) in [6.45, 7) is -0.928. The molecule has 0 spiro atoms. The van der Waals surface area contributed by atoms with Gasteiger partial charge in [0.25, 0.3) is 0 Å². The van der Waals surface area contributed by atoms with Gasteiger partial charge < -0.3 is 69.7 Å². The average Bonchev–Trinajstić information content (AvgIpc) is 3.27. The molecule has 4 aromatic rings. The molecule has 232 valence electrons. The fraction of sp³-hybridized carbons (Fsp3) is 0.214. The van der Waals surface area contributed by atoms with Crippen LogP contribution in [0.2, 0.25) is 0 Å². The van der Waals surface area contributed by atoms with Crippen molar-refractivity contribution >= 4 is 16.9 Å². The van der Waals surface area contributed by atoms with Crippen molar-refractivity contribution in [1.29, 1.82) is 0 Å². The second-order valence-corrected chi connectivity index (χ2v) is 9.69. The van der Waals surface area contributed by atoms with Crippen LogP contribution in [0.1, 0.15) is 10.4 Å². The Bertz CT molecular complexity index is 1790. The minimum Gasteiger partial charge on any atom is -0.508 e. The van der Waals surface area contributed by atoms with E-state index < -0.39 is 111 Å². The van der Waals surface area contributed by atoms with Crippen molar-refractivity contribution in [2.75, 3.05) is 6.61 Å². The molecule has 1 saturated heterocycles. The fourth-order valence-electron chi connectivity index (χ4n) is 4.56. The smallest absolute Gasteiger partial charge is 0.339 e. The van der Waals surface area contributed by atoms with Crippen LogP contribution >= 0.6 is 0 Å². The molecule has 0 aliphatic carbocycles. The number of rotatable bonds is 7. The monoisotopic (exact) mass is 616 g/mol. The molecule has 16 nitrogen and oxygen atoms in total. The molecule has 0 unspecified atom stereocenters. The number of hydrogen-bond donors (Lipinski definition) is 10. The molecule has 2 heterocycles. The molecule has 10 N–H and O–H groups in total. The molecule has 0 saturated carbocycles. The van der Waals surface area contributed by atoms with Crippen LogP contribution in [0.15, 0.2) is 51.7 Å². The van der Waals surface area contributed by atoms with Gasteiger partial charge in [-0.05, 0) is 30.3 Å². The summed E-state index contributed by atoms with van der Waals surface area (Å²) in [5, 5.41) is 99.4. The van der Waals surface area contributed by atoms with Gasteiger partial charge in [0.05, 0.1) is 12.2 Å². The number of benzene rings is 3. The third-order valence-corrected chi connectivity index (χ3v) is 6.74. The number of esters is 1. The summed E-state index contributed by atoms with van der Waals surface area (Å²) < 4.78 is 22.3. The van der Waals surface area contributed by atoms with Crippen molar-refractivity contribution < 1.29 is 74.5 Å². The van der Waals surface area contributed by atoms with Gasteiger partial charge >= 0.3 is 5.97 Å². The molecule has 3 aromatic carbocycles. The van der Waals surface area contributed by atoms with Crippen LogP contribution in [0.4, 0.5) is 0 Å². The normalized spacial score (nSPS) is 20.4. The van der Waals surface area contributed by atoms with Crippen molar-refractivity contribution in [3.8, 4) is 57.3 Å². The number of hydrogen-bond acceptors (Lipinski definition) is 16. The van der Waals surface area contributed by atoms with Crippen LogP contribution in [0.3, 0.4) is 0 Å². The van der Waals surface area contributed by atoms with Gasteiger partial charge in [0, 0.05) is 17.7 Å². The number of carbonyl (C=O) groups is 1. The van der Waals surface area contributed by atoms with E-state index in [1.54, 1.807) is 0 Å². The van der Waals surface area contributed by atoms with E-state index in [0.29, 0.717) is 0 Å². The van der Waals surface area contributed by atoms with Gasteiger partial charge in [0.15, 0.2) is 40.6 Å². The zero-order valence-corrected chi connectivity index (χ0v) is 22.1. The highest BCUT2D eigenvalue weighted by Gasteiger charge is 2.51. The van der Waals surface area contributed by atoms with Crippen LogP contribution in [0.5, 0.6) is 46.0 Å². The Morgan fingerprint density at radius 2 is 1.57 bits per heavy atom. The molecule has 16 heteroatoms. The highest BCUT2D eigenvalue weighted by Crippen LogP contribution is 2.40. The summed E-state index contributed by atoms with van der Waals surface area (Å²) in [7, 11) is 0. The lowest BCUT2D eigenvalue weighted by Crippen LogP contribution is -2.43. The summed E-state index contributed by atoms with van der Waals surface area (Å²) in [6, 6.07) is 6.56. The summed E-state index contributed by atoms with van der Waals surface area (Å²) in [6.07, 6.45) is -9.15. The number of aliphatic hydroxyl groups excluding tert-OH is 3. The van der Waals surface area contributed by atoms with Gasteiger partial charge in [-0.25, -0.2) is 4.79 Å². The Kier molecular flexibility index (Phi) is 7.75. The first-order valence-electron chi connectivity index (χ1n) is 12.6. The average molecular weight is 616 g/mol. The van der Waals surface area contributed by atoms with Gasteiger partial charge in [-0.3, -0.25) is 4.79 Å². The minimum absolute atomic E-state index is 0.0776. The van der Waals surface area contributed by atoms with Gasteiger partial charge in [0.1, 0.15) is 40.8 Å². The van der Waals surface area contributed by atoms with Gasteiger partial charge in [-0.1, -0.05) is 0 Å². The molecule has 5 atom stereocenters. The predicted molar refractivity (Wildman–Crippen MR) is 144 cm³/mol. The number of fused-ring (bicyclic) bond motifs is 1. The highest BCUT2D eigenvalue weighted by molar-refractivity contribution is 5.91. The molecular weight excluding hydrogens is 592 g/mol. The fourth-order valence-corrected chi connectivity index (χ4v) is 4.56. The number of aromatic hydroxyl groups is 7. The number of aliphatic hydroxyl groups is 3. The molecule has 1 aliphatic heterocycles. The first kappa shape index (κ1) is 30.1. The first-order chi connectivity index (χ1) is 20.8. The zero-order valence-electron chi connectivity index (χ0n) is 22.1. The molecule has 1 fully saturated rings. The molecule has 0 amide bonds. The standard InChI is InChI=1S/C28H24O16/c29-8-17(36)24-22(39)26(42-27(40)10-4-15(34)20(37)16(35)5-10)28(43-24)44-25-21(38)19-14(33)6-11(30)7-18(19)41-23(25)9-1-2-12(31)13(32)3-9/h1-7,17,22,24,26,28-37,39H,8H2/t17-,22+,24-,26-,28+/m1/s1. The maximum absolute atomic E-state index is 13.7. The van der Waals surface area contributed by atoms with Crippen LogP contribution in [0.25, 0.3) is 22.3 Å². The van der Waals surface area contributed by atoms with E-state index in [-0.39, 0.29) is 11.1 Å². The van der Waals surface area contributed by atoms with E-state index in [2.05, 4.69) is 0 Å². The van der Waals surface area contributed by atoms with Gasteiger partial charge in [0.2, 0.25) is 17.5 Å². The second-order valence-electron chi connectivity index (χ2n) is 9.69. The molecule has 5 rings (SSSR count). The van der Waals surface area contributed by atoms with Crippen LogP contribution in [0, 0.1) is 0 Å². The second kappa shape index (κ2) is 11.3. The predicted octanol–water partition coefficient (Wildman–Crippen LogP) is 0.443. The van der Waals surface area contributed by atoms with Crippen LogP contribution in [-0.4, -0.2) is 94.3 Å². The van der Waals surface area contributed by atoms with Gasteiger partial charge in [-0.2, -0.15) is 0 Å². The van der Waals surface area contributed by atoms with Crippen LogP contribution in [-0.2, 0) is 9.47 Å². The SMILES string of the molecule is O=C(O[C@H]1[C@H](Oc2c(-c3ccc(O)c(O)c3)oc3cc(O)cc(O)c3c2=O)O[C@H]([C@H](O)CO)[C@@H]1O)c1cc(O)c(O)c(O)c1. The third kappa shape index (κ3) is 5.29. The first-order valence-corrected chi connectivity index (χ1v) is 12.6. The maximum Gasteiger partial charge on any atom is 0.339 e.